The van der Waals surface area contributed by atoms with Gasteiger partial charge in [0, 0.05) is 44.3 Å². The summed E-state index contributed by atoms with van der Waals surface area (Å²) in [5.41, 5.74) is 4.48. The van der Waals surface area contributed by atoms with Crippen LogP contribution in [0.2, 0.25) is 0 Å². The van der Waals surface area contributed by atoms with E-state index >= 15 is 0 Å². The molecule has 2 aromatic carbocycles. The third kappa shape index (κ3) is 7.37. The Morgan fingerprint density at radius 1 is 0.944 bits per heavy atom. The molecule has 2 heterocycles. The molecule has 0 bridgehead atoms. The van der Waals surface area contributed by atoms with E-state index in [1.807, 2.05) is 73.8 Å². The van der Waals surface area contributed by atoms with Gasteiger partial charge in [-0.1, -0.05) is 60.3 Å². The molecule has 4 rings (SSSR count). The van der Waals surface area contributed by atoms with E-state index in [4.69, 9.17) is 9.72 Å². The van der Waals surface area contributed by atoms with Gasteiger partial charge in [0.05, 0.1) is 24.5 Å². The van der Waals surface area contributed by atoms with Gasteiger partial charge in [-0.3, -0.25) is 9.78 Å². The number of benzene rings is 2. The lowest BCUT2D eigenvalue weighted by Gasteiger charge is -2.19. The molecule has 8 heteroatoms. The second-order valence-corrected chi connectivity index (χ2v) is 9.21. The number of nitrogens with one attached hydrogen (secondary N) is 1. The first kappa shape index (κ1) is 25.3. The van der Waals surface area contributed by atoms with E-state index in [0.717, 1.165) is 29.3 Å². The van der Waals surface area contributed by atoms with Crippen molar-refractivity contribution >= 4 is 23.5 Å². The number of aromatic nitrogens is 3. The highest BCUT2D eigenvalue weighted by atomic mass is 32.2. The largest absolute Gasteiger partial charge is 0.378 e. The molecule has 0 saturated heterocycles. The maximum atomic E-state index is 12.6. The number of anilines is 1. The number of rotatable bonds is 11. The van der Waals surface area contributed by atoms with Crippen LogP contribution in [-0.2, 0) is 30.2 Å². The number of thioether (sulfide) groups is 1. The maximum Gasteiger partial charge on any atom is 0.251 e. The lowest BCUT2D eigenvalue weighted by molar-refractivity contribution is 0.0950. The van der Waals surface area contributed by atoms with Crippen LogP contribution in [0.3, 0.4) is 0 Å². The van der Waals surface area contributed by atoms with Crippen molar-refractivity contribution in [3.05, 3.63) is 113 Å². The summed E-state index contributed by atoms with van der Waals surface area (Å²) in [5, 5.41) is 3.60. The van der Waals surface area contributed by atoms with Crippen LogP contribution in [0.5, 0.6) is 0 Å². The fraction of sp³-hybridized carbons (Fsp3) is 0.214. The van der Waals surface area contributed by atoms with Crippen molar-refractivity contribution in [1.29, 1.82) is 0 Å². The molecular formula is C28H29N5O2S. The van der Waals surface area contributed by atoms with Crippen LogP contribution in [-0.4, -0.2) is 35.0 Å². The van der Waals surface area contributed by atoms with E-state index in [1.54, 1.807) is 13.3 Å². The quantitative estimate of drug-likeness (QED) is 0.233. The van der Waals surface area contributed by atoms with Crippen molar-refractivity contribution in [1.82, 2.24) is 20.3 Å². The standard InChI is InChI=1S/C28H29N5O2S/c1-33(18-21-9-4-3-5-10-21)26-16-25(19-35-2)31-28(32-26)36-20-22-11-8-12-23(15-22)27(34)30-17-24-13-6-7-14-29-24/h3-16H,17-20H2,1-2H3,(H,30,34). The minimum absolute atomic E-state index is 0.129. The van der Waals surface area contributed by atoms with Crippen molar-refractivity contribution in [2.45, 2.75) is 30.6 Å². The summed E-state index contributed by atoms with van der Waals surface area (Å²) in [6.07, 6.45) is 1.72. The molecule has 4 aromatic rings. The molecule has 0 spiro atoms. The van der Waals surface area contributed by atoms with Crippen LogP contribution in [0.4, 0.5) is 5.82 Å². The van der Waals surface area contributed by atoms with Gasteiger partial charge in [-0.25, -0.2) is 9.97 Å². The maximum absolute atomic E-state index is 12.6. The van der Waals surface area contributed by atoms with Gasteiger partial charge in [-0.2, -0.15) is 0 Å². The number of hydrogen-bond acceptors (Lipinski definition) is 7. The zero-order valence-corrected chi connectivity index (χ0v) is 21.2. The van der Waals surface area contributed by atoms with Crippen molar-refractivity contribution in [3.63, 3.8) is 0 Å². The van der Waals surface area contributed by atoms with E-state index in [0.29, 0.717) is 29.6 Å². The first-order valence-corrected chi connectivity index (χ1v) is 12.6. The fourth-order valence-corrected chi connectivity index (χ4v) is 4.42. The predicted octanol–water partition coefficient (Wildman–Crippen LogP) is 4.88. The number of carbonyl (C=O) groups is 1. The van der Waals surface area contributed by atoms with Crippen molar-refractivity contribution in [3.8, 4) is 0 Å². The van der Waals surface area contributed by atoms with Gasteiger partial charge in [0.1, 0.15) is 5.82 Å². The average molecular weight is 500 g/mol. The highest BCUT2D eigenvalue weighted by Gasteiger charge is 2.12. The number of nitrogens with zero attached hydrogens (tertiary/aromatic N) is 4. The summed E-state index contributed by atoms with van der Waals surface area (Å²) in [7, 11) is 3.68. The number of ether oxygens (including phenoxy) is 1. The van der Waals surface area contributed by atoms with Crippen molar-refractivity contribution in [2.24, 2.45) is 0 Å². The van der Waals surface area contributed by atoms with E-state index < -0.39 is 0 Å². The Morgan fingerprint density at radius 3 is 2.53 bits per heavy atom. The monoisotopic (exact) mass is 499 g/mol. The molecule has 0 aliphatic heterocycles. The Bertz CT molecular complexity index is 1270. The molecule has 0 radical (unpaired) electrons. The molecular weight excluding hydrogens is 470 g/mol. The minimum Gasteiger partial charge on any atom is -0.378 e. The number of carbonyl (C=O) groups excluding carboxylic acids is 1. The molecule has 1 N–H and O–H groups in total. The zero-order chi connectivity index (χ0) is 25.2. The molecule has 184 valence electrons. The fourth-order valence-electron chi connectivity index (χ4n) is 3.61. The third-order valence-electron chi connectivity index (χ3n) is 5.40. The lowest BCUT2D eigenvalue weighted by Crippen LogP contribution is -2.23. The Morgan fingerprint density at radius 2 is 1.75 bits per heavy atom. The van der Waals surface area contributed by atoms with Gasteiger partial charge in [0.25, 0.3) is 5.91 Å². The smallest absolute Gasteiger partial charge is 0.251 e. The lowest BCUT2D eigenvalue weighted by atomic mass is 10.1. The van der Waals surface area contributed by atoms with Crippen LogP contribution in [0, 0.1) is 0 Å². The highest BCUT2D eigenvalue weighted by Crippen LogP contribution is 2.24. The molecule has 0 fully saturated rings. The molecule has 0 aliphatic carbocycles. The zero-order valence-electron chi connectivity index (χ0n) is 20.4. The predicted molar refractivity (Wildman–Crippen MR) is 143 cm³/mol. The topological polar surface area (TPSA) is 80.2 Å². The summed E-state index contributed by atoms with van der Waals surface area (Å²) < 4.78 is 5.33. The summed E-state index contributed by atoms with van der Waals surface area (Å²) >= 11 is 1.54. The number of methoxy groups -OCH3 is 1. The normalized spacial score (nSPS) is 10.7. The first-order valence-electron chi connectivity index (χ1n) is 11.6. The SMILES string of the molecule is COCc1cc(N(C)Cc2ccccc2)nc(SCc2cccc(C(=O)NCc3ccccn3)c2)n1. The van der Waals surface area contributed by atoms with Crippen LogP contribution >= 0.6 is 11.8 Å². The van der Waals surface area contributed by atoms with E-state index in [1.165, 1.54) is 17.3 Å². The molecule has 0 unspecified atom stereocenters. The third-order valence-corrected chi connectivity index (χ3v) is 6.32. The van der Waals surface area contributed by atoms with Gasteiger partial charge in [0.2, 0.25) is 0 Å². The molecule has 1 amide bonds. The summed E-state index contributed by atoms with van der Waals surface area (Å²) in [4.78, 5) is 28.4. The van der Waals surface area contributed by atoms with Crippen molar-refractivity contribution < 1.29 is 9.53 Å². The number of amides is 1. The van der Waals surface area contributed by atoms with Gasteiger partial charge in [0.15, 0.2) is 5.16 Å². The minimum atomic E-state index is -0.129. The molecule has 2 aromatic heterocycles. The van der Waals surface area contributed by atoms with Gasteiger partial charge in [-0.15, -0.1) is 0 Å². The molecule has 36 heavy (non-hydrogen) atoms. The van der Waals surface area contributed by atoms with Crippen LogP contribution in [0.15, 0.2) is 90.2 Å². The number of hydrogen-bond donors (Lipinski definition) is 1. The van der Waals surface area contributed by atoms with Gasteiger partial charge < -0.3 is 15.0 Å². The van der Waals surface area contributed by atoms with Crippen molar-refractivity contribution in [2.75, 3.05) is 19.1 Å². The average Bonchev–Trinajstić information content (AvgIpc) is 2.92. The van der Waals surface area contributed by atoms with E-state index in [-0.39, 0.29) is 5.91 Å². The number of pyridine rings is 1. The van der Waals surface area contributed by atoms with Crippen LogP contribution in [0.1, 0.15) is 32.9 Å². The second-order valence-electron chi connectivity index (χ2n) is 8.27. The molecule has 0 saturated carbocycles. The van der Waals surface area contributed by atoms with Crippen LogP contribution in [0.25, 0.3) is 0 Å². The second kappa shape index (κ2) is 12.8. The Hall–Kier alpha value is -3.75. The Balaban J connectivity index is 1.42. The first-order chi connectivity index (χ1) is 17.6. The van der Waals surface area contributed by atoms with E-state index in [9.17, 15) is 4.79 Å². The summed E-state index contributed by atoms with van der Waals surface area (Å²) in [5.74, 6) is 1.35. The van der Waals surface area contributed by atoms with E-state index in [2.05, 4.69) is 32.3 Å². The Labute approximate surface area is 216 Å². The highest BCUT2D eigenvalue weighted by molar-refractivity contribution is 7.98. The Kier molecular flexibility index (Phi) is 9.02. The van der Waals surface area contributed by atoms with Crippen LogP contribution < -0.4 is 10.2 Å². The molecule has 0 aliphatic rings. The van der Waals surface area contributed by atoms with Gasteiger partial charge in [-0.05, 0) is 35.4 Å². The molecule has 0 atom stereocenters. The molecule has 7 nitrogen and oxygen atoms in total. The summed E-state index contributed by atoms with van der Waals surface area (Å²) in [6.45, 7) is 1.54. The van der Waals surface area contributed by atoms with Gasteiger partial charge >= 0.3 is 0 Å². The summed E-state index contributed by atoms with van der Waals surface area (Å²) in [6, 6.07) is 25.5.